The third-order valence-corrected chi connectivity index (χ3v) is 8.58. The zero-order valence-electron chi connectivity index (χ0n) is 20.5. The molecule has 7 heterocycles. The van der Waals surface area contributed by atoms with Crippen molar-refractivity contribution < 1.29 is 54.6 Å². The molecule has 0 amide bonds. The number of nitrogen functional groups attached to an aromatic ring is 1. The van der Waals surface area contributed by atoms with Gasteiger partial charge in [-0.3, -0.25) is 0 Å². The number of nitrogens with zero attached hydrogens (tertiary/aromatic N) is 9. The molecule has 18 heteroatoms. The second-order valence-electron chi connectivity index (χ2n) is 9.44. The fourth-order valence-electron chi connectivity index (χ4n) is 4.98. The molecule has 0 radical (unpaired) electrons. The number of aliphatic hydroxyl groups is 4. The zero-order chi connectivity index (χ0) is 27.5. The Bertz CT molecular complexity index is 1690. The average molecular weight is 667 g/mol. The minimum atomic E-state index is -1.30. The SMILES string of the molecule is Nc1nc([I-]OC[C@H]2O[C@@H](n3cnc4c3ncn3ccnc43)C[C@H]2O)nc2c1ncn2[C@@H]1O[C@H](CO)[C@H](O)[C@@H]1O. The number of hydrogen-bond donors (Lipinski definition) is 5. The predicted molar refractivity (Wildman–Crippen MR) is 128 cm³/mol. The van der Waals surface area contributed by atoms with Crippen LogP contribution in [-0.2, 0) is 12.5 Å². The first-order chi connectivity index (χ1) is 19.4. The molecule has 2 aliphatic heterocycles. The molecule has 40 heavy (non-hydrogen) atoms. The summed E-state index contributed by atoms with van der Waals surface area (Å²) in [5.41, 5.74) is 8.63. The van der Waals surface area contributed by atoms with E-state index in [-0.39, 0.29) is 12.4 Å². The van der Waals surface area contributed by atoms with Gasteiger partial charge in [0.1, 0.15) is 0 Å². The van der Waals surface area contributed by atoms with Gasteiger partial charge in [-0.25, -0.2) is 0 Å². The maximum atomic E-state index is 10.7. The summed E-state index contributed by atoms with van der Waals surface area (Å²) in [6.07, 6.45) is 2.07. The molecular formula is C22H24IN10O7-. The molecule has 0 bridgehead atoms. The van der Waals surface area contributed by atoms with E-state index in [1.54, 1.807) is 34.0 Å². The van der Waals surface area contributed by atoms with Crippen LogP contribution < -0.4 is 27.4 Å². The van der Waals surface area contributed by atoms with Crippen LogP contribution in [0.5, 0.6) is 0 Å². The summed E-state index contributed by atoms with van der Waals surface area (Å²) in [4.78, 5) is 26.2. The monoisotopic (exact) mass is 667 g/mol. The third-order valence-electron chi connectivity index (χ3n) is 7.03. The van der Waals surface area contributed by atoms with Crippen LogP contribution in [0.3, 0.4) is 0 Å². The number of nitrogens with two attached hydrogens (primary N) is 1. The van der Waals surface area contributed by atoms with Gasteiger partial charge in [0.15, 0.2) is 0 Å². The quantitative estimate of drug-likeness (QED) is 0.0810. The Morgan fingerprint density at radius 3 is 2.58 bits per heavy atom. The molecule has 2 fully saturated rings. The summed E-state index contributed by atoms with van der Waals surface area (Å²) in [7, 11) is 0. The molecule has 0 unspecified atom stereocenters. The summed E-state index contributed by atoms with van der Waals surface area (Å²) >= 11 is -1.22. The number of imidazole rings is 3. The molecule has 6 N–H and O–H groups in total. The van der Waals surface area contributed by atoms with Crippen molar-refractivity contribution in [2.45, 2.75) is 49.4 Å². The van der Waals surface area contributed by atoms with Crippen molar-refractivity contribution in [1.29, 1.82) is 0 Å². The summed E-state index contributed by atoms with van der Waals surface area (Å²) in [6.45, 7) is -0.355. The third kappa shape index (κ3) is 4.18. The Morgan fingerprint density at radius 2 is 1.75 bits per heavy atom. The van der Waals surface area contributed by atoms with Crippen molar-refractivity contribution in [2.75, 3.05) is 18.9 Å². The topological polar surface area (TPSA) is 226 Å². The van der Waals surface area contributed by atoms with E-state index >= 15 is 0 Å². The van der Waals surface area contributed by atoms with Crippen molar-refractivity contribution in [3.8, 4) is 0 Å². The summed E-state index contributed by atoms with van der Waals surface area (Å²) < 4.78 is 22.9. The van der Waals surface area contributed by atoms with Gasteiger partial charge in [-0.2, -0.15) is 0 Å². The minimum absolute atomic E-state index is 0.102. The van der Waals surface area contributed by atoms with Crippen molar-refractivity contribution >= 4 is 33.8 Å². The van der Waals surface area contributed by atoms with Crippen LogP contribution in [0, 0.1) is 3.83 Å². The standard InChI is InChI=1S/C22H24IN10O7/c24-17-13-20(33(8-26-13)21-16(37)15(36)10(4-34)40-21)30-22(29-17)23-38-5-11-9(35)3-12(39-11)32-7-27-14-18-25-1-2-31(18)6-28-19(14)32/h1-2,6-12,15-16,21,34-37H,3-5H2,(H2,24,29,30)/q-1/t9-,10-,11-,12-,15+,16+,21-/m1/s1. The van der Waals surface area contributed by atoms with Crippen LogP contribution in [0.1, 0.15) is 18.9 Å². The molecule has 2 aliphatic rings. The number of fused-ring (bicyclic) bond motifs is 4. The number of anilines is 1. The second-order valence-corrected chi connectivity index (χ2v) is 11.5. The maximum absolute atomic E-state index is 10.7. The van der Waals surface area contributed by atoms with Crippen LogP contribution in [0.25, 0.3) is 28.0 Å². The normalized spacial score (nSPS) is 29.1. The number of halogens is 1. The van der Waals surface area contributed by atoms with Crippen molar-refractivity contribution in [2.24, 2.45) is 0 Å². The van der Waals surface area contributed by atoms with E-state index in [2.05, 4.69) is 29.9 Å². The van der Waals surface area contributed by atoms with E-state index in [0.717, 1.165) is 0 Å². The van der Waals surface area contributed by atoms with E-state index in [1.807, 2.05) is 0 Å². The first-order valence-corrected chi connectivity index (χ1v) is 14.3. The van der Waals surface area contributed by atoms with E-state index in [4.69, 9.17) is 18.3 Å². The molecule has 0 saturated carbocycles. The van der Waals surface area contributed by atoms with Gasteiger partial charge in [-0.05, 0) is 0 Å². The molecular weight excluding hydrogens is 643 g/mol. The predicted octanol–water partition coefficient (Wildman–Crippen LogP) is -5.05. The molecule has 2 saturated heterocycles. The first-order valence-electron chi connectivity index (χ1n) is 12.3. The first kappa shape index (κ1) is 25.8. The number of hydrogen-bond acceptors (Lipinski definition) is 14. The molecule has 7 rings (SSSR count). The van der Waals surface area contributed by atoms with E-state index in [1.165, 1.54) is 10.9 Å². The zero-order valence-corrected chi connectivity index (χ0v) is 22.7. The van der Waals surface area contributed by atoms with Gasteiger partial charge in [-0.1, -0.05) is 0 Å². The molecule has 0 spiro atoms. The Balaban J connectivity index is 1.04. The molecule has 7 atom stereocenters. The number of aromatic nitrogens is 9. The van der Waals surface area contributed by atoms with Crippen molar-refractivity contribution in [3.05, 3.63) is 35.2 Å². The fourth-order valence-corrected chi connectivity index (χ4v) is 6.48. The van der Waals surface area contributed by atoms with E-state index in [9.17, 15) is 20.4 Å². The second kappa shape index (κ2) is 10.1. The average Bonchev–Trinajstić information content (AvgIpc) is 3.76. The number of aliphatic hydroxyl groups excluding tert-OH is 4. The van der Waals surface area contributed by atoms with Crippen LogP contribution in [0.2, 0.25) is 0 Å². The summed E-state index contributed by atoms with van der Waals surface area (Å²) in [5, 5.41) is 40.6. The molecule has 5 aromatic rings. The number of ether oxygens (including phenoxy) is 2. The van der Waals surface area contributed by atoms with Gasteiger partial charge >= 0.3 is 235 Å². The van der Waals surface area contributed by atoms with Crippen molar-refractivity contribution in [3.63, 3.8) is 0 Å². The van der Waals surface area contributed by atoms with Crippen LogP contribution in [-0.4, -0.2) is 108 Å². The fraction of sp³-hybridized carbons (Fsp3) is 0.455. The molecule has 0 aliphatic carbocycles. The van der Waals surface area contributed by atoms with Gasteiger partial charge < -0.3 is 0 Å². The van der Waals surface area contributed by atoms with E-state index in [0.29, 0.717) is 38.2 Å². The van der Waals surface area contributed by atoms with Crippen LogP contribution >= 0.6 is 0 Å². The molecule has 17 nitrogen and oxygen atoms in total. The number of rotatable bonds is 7. The van der Waals surface area contributed by atoms with E-state index < -0.39 is 71.2 Å². The summed E-state index contributed by atoms with van der Waals surface area (Å²) in [6, 6.07) is 0. The van der Waals surface area contributed by atoms with Crippen LogP contribution in [0.15, 0.2) is 31.4 Å². The van der Waals surface area contributed by atoms with Gasteiger partial charge in [0.25, 0.3) is 0 Å². The van der Waals surface area contributed by atoms with Gasteiger partial charge in [0, 0.05) is 0 Å². The summed E-state index contributed by atoms with van der Waals surface area (Å²) in [5.74, 6) is 0.122. The van der Waals surface area contributed by atoms with Gasteiger partial charge in [-0.15, -0.1) is 0 Å². The van der Waals surface area contributed by atoms with Crippen LogP contribution in [0.4, 0.5) is 5.82 Å². The molecule has 5 aromatic heterocycles. The Labute approximate surface area is 235 Å². The molecule has 0 aromatic carbocycles. The Hall–Kier alpha value is -3.11. The van der Waals surface area contributed by atoms with Gasteiger partial charge in [0.05, 0.1) is 0 Å². The Kier molecular flexibility index (Phi) is 6.50. The van der Waals surface area contributed by atoms with Gasteiger partial charge in [0.2, 0.25) is 0 Å². The van der Waals surface area contributed by atoms with Crippen molar-refractivity contribution in [1.82, 2.24) is 43.4 Å². The Morgan fingerprint density at radius 1 is 0.925 bits per heavy atom. The molecule has 212 valence electrons.